The summed E-state index contributed by atoms with van der Waals surface area (Å²) in [6, 6.07) is 17.3. The molecule has 0 saturated heterocycles. The second kappa shape index (κ2) is 11.8. The first-order chi connectivity index (χ1) is 17.1. The summed E-state index contributed by atoms with van der Waals surface area (Å²) in [5, 5.41) is 5.09. The predicted molar refractivity (Wildman–Crippen MR) is 134 cm³/mol. The number of aromatic amines is 1. The molecule has 2 aromatic heterocycles. The van der Waals surface area contributed by atoms with Gasteiger partial charge in [-0.2, -0.15) is 0 Å². The largest absolute Gasteiger partial charge is 0.445 e. The number of benzene rings is 2. The number of primary amides is 1. The van der Waals surface area contributed by atoms with Crippen molar-refractivity contribution < 1.29 is 14.3 Å². The Bertz CT molecular complexity index is 1270. The van der Waals surface area contributed by atoms with E-state index in [1.165, 1.54) is 0 Å². The van der Waals surface area contributed by atoms with E-state index in [9.17, 15) is 9.59 Å². The van der Waals surface area contributed by atoms with Crippen LogP contribution in [0.25, 0.3) is 22.0 Å². The summed E-state index contributed by atoms with van der Waals surface area (Å²) in [6.45, 7) is 0.187. The smallest absolute Gasteiger partial charge is 0.408 e. The molecule has 180 valence electrons. The first-order valence-electron chi connectivity index (χ1n) is 11.7. The zero-order chi connectivity index (χ0) is 24.5. The molecule has 0 saturated carbocycles. The van der Waals surface area contributed by atoms with E-state index in [-0.39, 0.29) is 18.6 Å². The highest BCUT2D eigenvalue weighted by Gasteiger charge is 2.19. The minimum atomic E-state index is -0.509. The van der Waals surface area contributed by atoms with Gasteiger partial charge in [-0.15, -0.1) is 0 Å². The lowest BCUT2D eigenvalue weighted by Gasteiger charge is -2.17. The summed E-state index contributed by atoms with van der Waals surface area (Å²) in [4.78, 5) is 35.7. The molecule has 0 radical (unpaired) electrons. The molecule has 8 nitrogen and oxygen atoms in total. The SMILES string of the molecule is NC(=O)CCCCC[C@H](NC(=O)OCc1ccccc1)c1ncc(-c2ccc3ccncc3c2)[nH]1. The van der Waals surface area contributed by atoms with Gasteiger partial charge in [-0.1, -0.05) is 55.3 Å². The van der Waals surface area contributed by atoms with Gasteiger partial charge in [0, 0.05) is 29.8 Å². The molecule has 4 N–H and O–H groups in total. The molecule has 0 unspecified atom stereocenters. The van der Waals surface area contributed by atoms with E-state index in [0.29, 0.717) is 18.7 Å². The molecule has 8 heteroatoms. The number of fused-ring (bicyclic) bond motifs is 1. The number of nitrogens with two attached hydrogens (primary N) is 1. The molecule has 0 aliphatic heterocycles. The number of hydrogen-bond acceptors (Lipinski definition) is 5. The summed E-state index contributed by atoms with van der Waals surface area (Å²) in [7, 11) is 0. The van der Waals surface area contributed by atoms with Gasteiger partial charge in [-0.3, -0.25) is 9.78 Å². The molecule has 0 bridgehead atoms. The summed E-state index contributed by atoms with van der Waals surface area (Å²) in [5.74, 6) is 0.350. The zero-order valence-electron chi connectivity index (χ0n) is 19.4. The fraction of sp³-hybridized carbons (Fsp3) is 0.259. The van der Waals surface area contributed by atoms with Gasteiger partial charge in [0.25, 0.3) is 0 Å². The molecule has 2 amide bonds. The molecule has 0 aliphatic carbocycles. The number of alkyl carbamates (subject to hydrolysis) is 1. The molecule has 2 heterocycles. The number of unbranched alkanes of at least 4 members (excludes halogenated alkanes) is 2. The van der Waals surface area contributed by atoms with Gasteiger partial charge in [-0.25, -0.2) is 9.78 Å². The van der Waals surface area contributed by atoms with Crippen LogP contribution in [0.2, 0.25) is 0 Å². The van der Waals surface area contributed by atoms with Gasteiger partial charge in [0.05, 0.1) is 17.9 Å². The Hall–Kier alpha value is -4.20. The molecule has 2 aromatic carbocycles. The number of carbonyl (C=O) groups is 2. The topological polar surface area (TPSA) is 123 Å². The van der Waals surface area contributed by atoms with Crippen LogP contribution in [0.1, 0.15) is 49.5 Å². The van der Waals surface area contributed by atoms with Crippen LogP contribution in [0.15, 0.2) is 73.2 Å². The fourth-order valence-electron chi connectivity index (χ4n) is 3.92. The van der Waals surface area contributed by atoms with Gasteiger partial charge in [-0.05, 0) is 35.9 Å². The Morgan fingerprint density at radius 3 is 2.69 bits per heavy atom. The van der Waals surface area contributed by atoms with E-state index in [0.717, 1.165) is 46.9 Å². The number of ether oxygens (including phenoxy) is 1. The van der Waals surface area contributed by atoms with Crippen molar-refractivity contribution in [3.63, 3.8) is 0 Å². The highest BCUT2D eigenvalue weighted by atomic mass is 16.5. The number of hydrogen-bond donors (Lipinski definition) is 3. The standard InChI is InChI=1S/C27H29N5O3/c28-25(33)10-6-2-5-9-23(32-27(34)35-18-19-7-3-1-4-8-19)26-30-17-24(31-26)21-12-11-20-13-14-29-16-22(20)15-21/h1,3-4,7-8,11-17,23H,2,5-6,9-10,18H2,(H2,28,33)(H,30,31)(H,32,34)/t23-/m0/s1. The number of H-pyrrole nitrogens is 1. The third kappa shape index (κ3) is 6.89. The number of nitrogens with zero attached hydrogens (tertiary/aromatic N) is 2. The van der Waals surface area contributed by atoms with Crippen molar-refractivity contribution in [2.45, 2.75) is 44.8 Å². The summed E-state index contributed by atoms with van der Waals surface area (Å²) >= 11 is 0. The van der Waals surface area contributed by atoms with Crippen molar-refractivity contribution in [3.05, 3.63) is 84.6 Å². The molecular formula is C27H29N5O3. The van der Waals surface area contributed by atoms with Gasteiger partial charge in [0.1, 0.15) is 12.4 Å². The number of nitrogens with one attached hydrogen (secondary N) is 2. The summed E-state index contributed by atoms with van der Waals surface area (Å²) in [5.41, 5.74) is 7.98. The summed E-state index contributed by atoms with van der Waals surface area (Å²) in [6.07, 6.45) is 8.21. The van der Waals surface area contributed by atoms with Crippen LogP contribution >= 0.6 is 0 Å². The van der Waals surface area contributed by atoms with Crippen LogP contribution in [0, 0.1) is 0 Å². The Morgan fingerprint density at radius 1 is 1.00 bits per heavy atom. The molecule has 35 heavy (non-hydrogen) atoms. The van der Waals surface area contributed by atoms with E-state index >= 15 is 0 Å². The molecule has 0 spiro atoms. The lowest BCUT2D eigenvalue weighted by Crippen LogP contribution is -2.30. The average molecular weight is 472 g/mol. The molecule has 0 aliphatic rings. The average Bonchev–Trinajstić information content (AvgIpc) is 3.37. The van der Waals surface area contributed by atoms with Crippen LogP contribution in [0.3, 0.4) is 0 Å². The zero-order valence-corrected chi connectivity index (χ0v) is 19.4. The summed E-state index contributed by atoms with van der Waals surface area (Å²) < 4.78 is 5.42. The number of aromatic nitrogens is 3. The van der Waals surface area contributed by atoms with Crippen molar-refractivity contribution in [1.29, 1.82) is 0 Å². The molecule has 4 rings (SSSR count). The van der Waals surface area contributed by atoms with Crippen LogP contribution in [0.4, 0.5) is 4.79 Å². The fourth-order valence-corrected chi connectivity index (χ4v) is 3.92. The second-order valence-corrected chi connectivity index (χ2v) is 8.44. The number of pyridine rings is 1. The van der Waals surface area contributed by atoms with Crippen LogP contribution in [-0.2, 0) is 16.1 Å². The van der Waals surface area contributed by atoms with Crippen molar-refractivity contribution in [2.24, 2.45) is 5.73 Å². The highest BCUT2D eigenvalue weighted by Crippen LogP contribution is 2.25. The predicted octanol–water partition coefficient (Wildman–Crippen LogP) is 5.03. The Kier molecular flexibility index (Phi) is 8.06. The lowest BCUT2D eigenvalue weighted by molar-refractivity contribution is -0.118. The van der Waals surface area contributed by atoms with Crippen molar-refractivity contribution >= 4 is 22.8 Å². The number of amides is 2. The normalized spacial score (nSPS) is 11.8. The van der Waals surface area contributed by atoms with Crippen molar-refractivity contribution in [2.75, 3.05) is 0 Å². The molecular weight excluding hydrogens is 442 g/mol. The Morgan fingerprint density at radius 2 is 1.86 bits per heavy atom. The third-order valence-corrected chi connectivity index (χ3v) is 5.80. The minimum absolute atomic E-state index is 0.187. The number of imidazole rings is 1. The number of carbonyl (C=O) groups excluding carboxylic acids is 2. The van der Waals surface area contributed by atoms with E-state index in [1.807, 2.05) is 54.7 Å². The quantitative estimate of drug-likeness (QED) is 0.265. The first kappa shape index (κ1) is 23.9. The number of rotatable bonds is 11. The van der Waals surface area contributed by atoms with Crippen LogP contribution in [-0.4, -0.2) is 27.0 Å². The van der Waals surface area contributed by atoms with E-state index < -0.39 is 6.09 Å². The van der Waals surface area contributed by atoms with Gasteiger partial charge in [0.2, 0.25) is 5.91 Å². The van der Waals surface area contributed by atoms with Crippen molar-refractivity contribution in [3.8, 4) is 11.3 Å². The van der Waals surface area contributed by atoms with Crippen LogP contribution < -0.4 is 11.1 Å². The van der Waals surface area contributed by atoms with Gasteiger partial charge in [0.15, 0.2) is 0 Å². The molecule has 0 fully saturated rings. The van der Waals surface area contributed by atoms with Crippen LogP contribution in [0.5, 0.6) is 0 Å². The highest BCUT2D eigenvalue weighted by molar-refractivity contribution is 5.85. The lowest BCUT2D eigenvalue weighted by atomic mass is 10.1. The van der Waals surface area contributed by atoms with E-state index in [4.69, 9.17) is 10.5 Å². The van der Waals surface area contributed by atoms with Gasteiger partial charge < -0.3 is 20.8 Å². The maximum atomic E-state index is 12.6. The third-order valence-electron chi connectivity index (χ3n) is 5.80. The molecule has 4 aromatic rings. The first-order valence-corrected chi connectivity index (χ1v) is 11.7. The Labute approximate surface area is 203 Å². The maximum Gasteiger partial charge on any atom is 0.408 e. The molecule has 1 atom stereocenters. The van der Waals surface area contributed by atoms with Crippen molar-refractivity contribution in [1.82, 2.24) is 20.3 Å². The van der Waals surface area contributed by atoms with E-state index in [2.05, 4.69) is 26.3 Å². The van der Waals surface area contributed by atoms with Gasteiger partial charge >= 0.3 is 6.09 Å². The van der Waals surface area contributed by atoms with E-state index in [1.54, 1.807) is 12.4 Å². The maximum absolute atomic E-state index is 12.6. The monoisotopic (exact) mass is 471 g/mol. The Balaban J connectivity index is 1.44. The minimum Gasteiger partial charge on any atom is -0.445 e. The second-order valence-electron chi connectivity index (χ2n) is 8.44.